The van der Waals surface area contributed by atoms with Crippen LogP contribution < -0.4 is 0 Å². The molecule has 4 heterocycles. The van der Waals surface area contributed by atoms with Crippen LogP contribution in [0.25, 0.3) is 0 Å². The molecule has 0 bridgehead atoms. The predicted molar refractivity (Wildman–Crippen MR) is 88.5 cm³/mol. The zero-order valence-corrected chi connectivity index (χ0v) is 14.7. The molecule has 0 N–H and O–H groups in total. The van der Waals surface area contributed by atoms with E-state index in [4.69, 9.17) is 9.26 Å². The number of aryl methyl sites for hydroxylation is 2. The lowest BCUT2D eigenvalue weighted by atomic mass is 9.91. The Kier molecular flexibility index (Phi) is 4.35. The zero-order chi connectivity index (χ0) is 16.7. The lowest BCUT2D eigenvalue weighted by Crippen LogP contribution is -2.42. The molecule has 3 atom stereocenters. The van der Waals surface area contributed by atoms with E-state index in [-0.39, 0.29) is 18.1 Å². The van der Waals surface area contributed by atoms with E-state index in [1.807, 2.05) is 18.7 Å². The second kappa shape index (κ2) is 6.48. The largest absolute Gasteiger partial charge is 0.364 e. The van der Waals surface area contributed by atoms with Gasteiger partial charge in [0, 0.05) is 31.7 Å². The molecule has 132 valence electrons. The highest BCUT2D eigenvalue weighted by Crippen LogP contribution is 2.35. The van der Waals surface area contributed by atoms with Gasteiger partial charge < -0.3 is 14.2 Å². The molecule has 3 aliphatic rings. The van der Waals surface area contributed by atoms with Gasteiger partial charge >= 0.3 is 0 Å². The molecule has 0 aromatic carbocycles. The van der Waals surface area contributed by atoms with Crippen LogP contribution in [0.5, 0.6) is 0 Å². The third-order valence-corrected chi connectivity index (χ3v) is 5.89. The lowest BCUT2D eigenvalue weighted by Gasteiger charge is -2.33. The van der Waals surface area contributed by atoms with Gasteiger partial charge in [0.2, 0.25) is 0 Å². The maximum atomic E-state index is 12.6. The third kappa shape index (κ3) is 2.97. The number of hydrogen-bond acceptors (Lipinski definition) is 5. The van der Waals surface area contributed by atoms with Gasteiger partial charge in [-0.3, -0.25) is 9.69 Å². The van der Waals surface area contributed by atoms with Crippen LogP contribution in [0, 0.1) is 19.8 Å². The van der Waals surface area contributed by atoms with Gasteiger partial charge in [-0.15, -0.1) is 0 Å². The molecular formula is C18H27N3O3. The Labute approximate surface area is 143 Å². The minimum Gasteiger partial charge on any atom is -0.364 e. The van der Waals surface area contributed by atoms with E-state index in [9.17, 15) is 4.79 Å². The molecular weight excluding hydrogens is 306 g/mol. The molecule has 1 aromatic rings. The third-order valence-electron chi connectivity index (χ3n) is 5.89. The number of rotatable bonds is 3. The van der Waals surface area contributed by atoms with Crippen LogP contribution in [0.2, 0.25) is 0 Å². The number of carbonyl (C=O) groups is 1. The number of ether oxygens (including phenoxy) is 1. The SMILES string of the molecule is Cc1noc(C)c1CN1CC[C@@H]2C[C@@H](C(=O)N3CCCC3)O[C@H]2C1. The van der Waals surface area contributed by atoms with Crippen molar-refractivity contribution in [1.82, 2.24) is 15.0 Å². The van der Waals surface area contributed by atoms with E-state index < -0.39 is 0 Å². The molecule has 3 fully saturated rings. The smallest absolute Gasteiger partial charge is 0.251 e. The molecule has 6 heteroatoms. The summed E-state index contributed by atoms with van der Waals surface area (Å²) in [4.78, 5) is 17.0. The van der Waals surface area contributed by atoms with E-state index in [0.29, 0.717) is 5.92 Å². The summed E-state index contributed by atoms with van der Waals surface area (Å²) in [6.45, 7) is 8.60. The minimum atomic E-state index is -0.211. The van der Waals surface area contributed by atoms with E-state index in [2.05, 4.69) is 10.1 Å². The van der Waals surface area contributed by atoms with Crippen LogP contribution in [0.4, 0.5) is 0 Å². The number of carbonyl (C=O) groups excluding carboxylic acids is 1. The zero-order valence-electron chi connectivity index (χ0n) is 14.7. The van der Waals surface area contributed by atoms with Crippen molar-refractivity contribution in [2.45, 2.75) is 58.3 Å². The standard InChI is InChI=1S/C18H27N3O3/c1-12-15(13(2)24-19-12)10-20-8-5-14-9-16(23-17(14)11-20)18(22)21-6-3-4-7-21/h14,16-17H,3-11H2,1-2H3/t14-,16+,17+/m1/s1. The number of hydrogen-bond donors (Lipinski definition) is 0. The minimum absolute atomic E-state index is 0.191. The summed E-state index contributed by atoms with van der Waals surface area (Å²) in [5, 5.41) is 4.04. The second-order valence-corrected chi connectivity index (χ2v) is 7.52. The molecule has 1 amide bonds. The summed E-state index contributed by atoms with van der Waals surface area (Å²) in [5.41, 5.74) is 2.17. The Morgan fingerprint density at radius 2 is 2.04 bits per heavy atom. The predicted octanol–water partition coefficient (Wildman–Crippen LogP) is 1.89. The first kappa shape index (κ1) is 16.1. The summed E-state index contributed by atoms with van der Waals surface area (Å²) in [6, 6.07) is 0. The molecule has 3 saturated heterocycles. The molecule has 0 saturated carbocycles. The number of fused-ring (bicyclic) bond motifs is 1. The maximum absolute atomic E-state index is 12.6. The molecule has 24 heavy (non-hydrogen) atoms. The van der Waals surface area contributed by atoms with Crippen molar-refractivity contribution < 1.29 is 14.1 Å². The van der Waals surface area contributed by atoms with Crippen molar-refractivity contribution in [2.75, 3.05) is 26.2 Å². The van der Waals surface area contributed by atoms with Gasteiger partial charge in [-0.1, -0.05) is 5.16 Å². The Hall–Kier alpha value is -1.40. The summed E-state index contributed by atoms with van der Waals surface area (Å²) < 4.78 is 11.4. The fourth-order valence-electron chi connectivity index (χ4n) is 4.39. The quantitative estimate of drug-likeness (QED) is 0.845. The molecule has 3 aliphatic heterocycles. The van der Waals surface area contributed by atoms with E-state index in [1.54, 1.807) is 0 Å². The first-order valence-electron chi connectivity index (χ1n) is 9.20. The van der Waals surface area contributed by atoms with Crippen LogP contribution in [0.15, 0.2) is 4.52 Å². The highest BCUT2D eigenvalue weighted by atomic mass is 16.5. The first-order chi connectivity index (χ1) is 11.6. The van der Waals surface area contributed by atoms with Crippen molar-refractivity contribution in [1.29, 1.82) is 0 Å². The first-order valence-corrected chi connectivity index (χ1v) is 9.20. The monoisotopic (exact) mass is 333 g/mol. The summed E-state index contributed by atoms with van der Waals surface area (Å²) in [7, 11) is 0. The molecule has 6 nitrogen and oxygen atoms in total. The summed E-state index contributed by atoms with van der Waals surface area (Å²) in [5.74, 6) is 1.66. The Morgan fingerprint density at radius 3 is 2.75 bits per heavy atom. The topological polar surface area (TPSA) is 58.8 Å². The second-order valence-electron chi connectivity index (χ2n) is 7.52. The Morgan fingerprint density at radius 1 is 1.25 bits per heavy atom. The molecule has 0 spiro atoms. The summed E-state index contributed by atoms with van der Waals surface area (Å²) >= 11 is 0. The number of piperidine rings is 1. The van der Waals surface area contributed by atoms with Crippen LogP contribution in [-0.4, -0.2) is 59.3 Å². The molecule has 0 aliphatic carbocycles. The molecule has 1 aromatic heterocycles. The maximum Gasteiger partial charge on any atom is 0.251 e. The van der Waals surface area contributed by atoms with Gasteiger partial charge in [-0.25, -0.2) is 0 Å². The van der Waals surface area contributed by atoms with Crippen molar-refractivity contribution >= 4 is 5.91 Å². The Balaban J connectivity index is 1.36. The van der Waals surface area contributed by atoms with Crippen molar-refractivity contribution in [3.63, 3.8) is 0 Å². The van der Waals surface area contributed by atoms with Crippen LogP contribution >= 0.6 is 0 Å². The number of likely N-dealkylation sites (tertiary alicyclic amines) is 2. The number of nitrogens with zero attached hydrogens (tertiary/aromatic N) is 3. The van der Waals surface area contributed by atoms with E-state index in [0.717, 1.165) is 69.9 Å². The fourth-order valence-corrected chi connectivity index (χ4v) is 4.39. The fraction of sp³-hybridized carbons (Fsp3) is 0.778. The summed E-state index contributed by atoms with van der Waals surface area (Å²) in [6.07, 6.45) is 4.26. The van der Waals surface area contributed by atoms with E-state index in [1.165, 1.54) is 5.56 Å². The van der Waals surface area contributed by atoms with Gasteiger partial charge in [0.1, 0.15) is 11.9 Å². The van der Waals surface area contributed by atoms with Gasteiger partial charge in [-0.05, 0) is 52.0 Å². The van der Waals surface area contributed by atoms with Crippen LogP contribution in [-0.2, 0) is 16.1 Å². The van der Waals surface area contributed by atoms with Gasteiger partial charge in [0.05, 0.1) is 11.8 Å². The van der Waals surface area contributed by atoms with Gasteiger partial charge in [-0.2, -0.15) is 0 Å². The van der Waals surface area contributed by atoms with Crippen molar-refractivity contribution in [3.8, 4) is 0 Å². The highest BCUT2D eigenvalue weighted by Gasteiger charge is 2.43. The average molecular weight is 333 g/mol. The lowest BCUT2D eigenvalue weighted by molar-refractivity contribution is -0.142. The van der Waals surface area contributed by atoms with Crippen molar-refractivity contribution in [2.24, 2.45) is 5.92 Å². The van der Waals surface area contributed by atoms with Crippen LogP contribution in [0.1, 0.15) is 42.7 Å². The molecule has 0 radical (unpaired) electrons. The number of amides is 1. The van der Waals surface area contributed by atoms with Crippen molar-refractivity contribution in [3.05, 3.63) is 17.0 Å². The van der Waals surface area contributed by atoms with Gasteiger partial charge in [0.15, 0.2) is 0 Å². The average Bonchev–Trinajstić information content (AvgIpc) is 3.30. The highest BCUT2D eigenvalue weighted by molar-refractivity contribution is 5.81. The Bertz CT molecular complexity index is 589. The molecule has 0 unspecified atom stereocenters. The molecule has 4 rings (SSSR count). The normalized spacial score (nSPS) is 30.8. The van der Waals surface area contributed by atoms with Crippen LogP contribution in [0.3, 0.4) is 0 Å². The van der Waals surface area contributed by atoms with Gasteiger partial charge in [0.25, 0.3) is 5.91 Å². The van der Waals surface area contributed by atoms with E-state index >= 15 is 0 Å². The number of aromatic nitrogens is 1.